The standard InChI is InChI=1S/C19H16FN3O3S/c20-14-5-2-1-4-13(14)17-16(21-12-26-17)19(25)23-9-7-22(8-10-23)18(24)15-6-3-11-27-15/h1-6,11-12H,7-10H2. The Morgan fingerprint density at radius 2 is 1.70 bits per heavy atom. The number of oxazole rings is 1. The van der Waals surface area contributed by atoms with Gasteiger partial charge < -0.3 is 14.2 Å². The molecule has 0 spiro atoms. The van der Waals surface area contributed by atoms with E-state index in [4.69, 9.17) is 4.42 Å². The number of halogens is 1. The van der Waals surface area contributed by atoms with Gasteiger partial charge in [0.15, 0.2) is 17.8 Å². The second kappa shape index (κ2) is 7.32. The molecule has 1 saturated heterocycles. The molecule has 2 aromatic heterocycles. The fraction of sp³-hybridized carbons (Fsp3) is 0.211. The summed E-state index contributed by atoms with van der Waals surface area (Å²) in [4.78, 5) is 33.3. The van der Waals surface area contributed by atoms with Crippen LogP contribution in [-0.4, -0.2) is 52.8 Å². The van der Waals surface area contributed by atoms with Crippen LogP contribution in [0.25, 0.3) is 11.3 Å². The zero-order valence-corrected chi connectivity index (χ0v) is 15.1. The highest BCUT2D eigenvalue weighted by Crippen LogP contribution is 2.27. The molecular weight excluding hydrogens is 369 g/mol. The molecule has 0 aliphatic carbocycles. The van der Waals surface area contributed by atoms with E-state index in [1.54, 1.807) is 34.1 Å². The number of carbonyl (C=O) groups excluding carboxylic acids is 2. The Kier molecular flexibility index (Phi) is 4.72. The van der Waals surface area contributed by atoms with Crippen LogP contribution in [0.5, 0.6) is 0 Å². The van der Waals surface area contributed by atoms with E-state index in [2.05, 4.69) is 4.98 Å². The van der Waals surface area contributed by atoms with Gasteiger partial charge in [-0.15, -0.1) is 11.3 Å². The number of nitrogens with zero attached hydrogens (tertiary/aromatic N) is 3. The summed E-state index contributed by atoms with van der Waals surface area (Å²) in [6.07, 6.45) is 1.14. The molecule has 3 heterocycles. The topological polar surface area (TPSA) is 66.7 Å². The van der Waals surface area contributed by atoms with E-state index in [1.807, 2.05) is 11.4 Å². The van der Waals surface area contributed by atoms with Crippen LogP contribution in [0.1, 0.15) is 20.2 Å². The second-order valence-electron chi connectivity index (χ2n) is 6.07. The molecule has 1 fully saturated rings. The van der Waals surface area contributed by atoms with Crippen molar-refractivity contribution in [3.05, 3.63) is 64.6 Å². The van der Waals surface area contributed by atoms with Crippen molar-refractivity contribution in [2.24, 2.45) is 0 Å². The summed E-state index contributed by atoms with van der Waals surface area (Å²) in [6.45, 7) is 1.66. The van der Waals surface area contributed by atoms with Crippen molar-refractivity contribution in [3.8, 4) is 11.3 Å². The number of carbonyl (C=O) groups is 2. The Morgan fingerprint density at radius 3 is 2.37 bits per heavy atom. The summed E-state index contributed by atoms with van der Waals surface area (Å²) >= 11 is 1.40. The molecular formula is C19H16FN3O3S. The highest BCUT2D eigenvalue weighted by Gasteiger charge is 2.29. The lowest BCUT2D eigenvalue weighted by Crippen LogP contribution is -2.50. The molecule has 0 bridgehead atoms. The van der Waals surface area contributed by atoms with Crippen LogP contribution in [0.2, 0.25) is 0 Å². The largest absolute Gasteiger partial charge is 0.443 e. The molecule has 0 unspecified atom stereocenters. The van der Waals surface area contributed by atoms with E-state index in [0.717, 1.165) is 6.39 Å². The minimum absolute atomic E-state index is 0.0226. The van der Waals surface area contributed by atoms with Crippen molar-refractivity contribution < 1.29 is 18.4 Å². The predicted octanol–water partition coefficient (Wildman–Crippen LogP) is 3.14. The molecule has 0 atom stereocenters. The van der Waals surface area contributed by atoms with Crippen LogP contribution in [0, 0.1) is 5.82 Å². The molecule has 0 N–H and O–H groups in total. The van der Waals surface area contributed by atoms with Gasteiger partial charge in [0.2, 0.25) is 0 Å². The summed E-state index contributed by atoms with van der Waals surface area (Å²) in [7, 11) is 0. The normalized spacial score (nSPS) is 14.4. The van der Waals surface area contributed by atoms with Crippen LogP contribution in [0.15, 0.2) is 52.6 Å². The van der Waals surface area contributed by atoms with Crippen LogP contribution in [0.4, 0.5) is 4.39 Å². The summed E-state index contributed by atoms with van der Waals surface area (Å²) in [5, 5.41) is 1.86. The van der Waals surface area contributed by atoms with Gasteiger partial charge in [-0.3, -0.25) is 9.59 Å². The van der Waals surface area contributed by atoms with Crippen molar-refractivity contribution in [2.75, 3.05) is 26.2 Å². The average Bonchev–Trinajstić information content (AvgIpc) is 3.39. The van der Waals surface area contributed by atoms with Gasteiger partial charge >= 0.3 is 0 Å². The lowest BCUT2D eigenvalue weighted by molar-refractivity contribution is 0.0535. The summed E-state index contributed by atoms with van der Waals surface area (Å²) in [6, 6.07) is 9.73. The Hall–Kier alpha value is -3.00. The van der Waals surface area contributed by atoms with Gasteiger partial charge in [0, 0.05) is 26.2 Å². The van der Waals surface area contributed by atoms with Crippen molar-refractivity contribution in [3.63, 3.8) is 0 Å². The van der Waals surface area contributed by atoms with E-state index >= 15 is 0 Å². The third-order valence-corrected chi connectivity index (χ3v) is 5.33. The Morgan fingerprint density at radius 1 is 1.00 bits per heavy atom. The number of benzene rings is 1. The summed E-state index contributed by atoms with van der Waals surface area (Å²) in [5.41, 5.74) is 0.281. The van der Waals surface area contributed by atoms with Crippen molar-refractivity contribution in [1.29, 1.82) is 0 Å². The van der Waals surface area contributed by atoms with Crippen LogP contribution in [-0.2, 0) is 0 Å². The van der Waals surface area contributed by atoms with E-state index in [9.17, 15) is 14.0 Å². The van der Waals surface area contributed by atoms with E-state index < -0.39 is 5.82 Å². The van der Waals surface area contributed by atoms with Gasteiger partial charge in [-0.2, -0.15) is 0 Å². The third kappa shape index (κ3) is 3.35. The first-order chi connectivity index (χ1) is 13.1. The molecule has 1 aliphatic heterocycles. The lowest BCUT2D eigenvalue weighted by atomic mass is 10.1. The van der Waals surface area contributed by atoms with Crippen molar-refractivity contribution >= 4 is 23.2 Å². The molecule has 138 valence electrons. The molecule has 3 aromatic rings. The summed E-state index contributed by atoms with van der Waals surface area (Å²) in [5.74, 6) is -0.708. The first-order valence-electron chi connectivity index (χ1n) is 8.45. The first kappa shape index (κ1) is 17.4. The van der Waals surface area contributed by atoms with Gasteiger partial charge in [-0.1, -0.05) is 18.2 Å². The average molecular weight is 385 g/mol. The van der Waals surface area contributed by atoms with Crippen molar-refractivity contribution in [1.82, 2.24) is 14.8 Å². The second-order valence-corrected chi connectivity index (χ2v) is 7.02. The number of thiophene rings is 1. The van der Waals surface area contributed by atoms with Gasteiger partial charge in [0.25, 0.3) is 11.8 Å². The summed E-state index contributed by atoms with van der Waals surface area (Å²) < 4.78 is 19.3. The van der Waals surface area contributed by atoms with Gasteiger partial charge in [0.1, 0.15) is 5.82 Å². The Labute approximate surface area is 158 Å². The van der Waals surface area contributed by atoms with Crippen LogP contribution >= 0.6 is 11.3 Å². The van der Waals surface area contributed by atoms with Crippen LogP contribution < -0.4 is 0 Å². The fourth-order valence-corrected chi connectivity index (χ4v) is 3.74. The minimum Gasteiger partial charge on any atom is -0.443 e. The number of hydrogen-bond acceptors (Lipinski definition) is 5. The SMILES string of the molecule is O=C(c1cccs1)N1CCN(C(=O)c2ncoc2-c2ccccc2F)CC1. The zero-order valence-electron chi connectivity index (χ0n) is 14.3. The number of hydrogen-bond donors (Lipinski definition) is 0. The van der Waals surface area contributed by atoms with Gasteiger partial charge in [-0.05, 0) is 23.6 Å². The fourth-order valence-electron chi connectivity index (χ4n) is 3.05. The molecule has 1 aromatic carbocycles. The minimum atomic E-state index is -0.477. The predicted molar refractivity (Wildman–Crippen MR) is 98.0 cm³/mol. The van der Waals surface area contributed by atoms with E-state index in [0.29, 0.717) is 31.1 Å². The number of rotatable bonds is 3. The number of amides is 2. The molecule has 27 heavy (non-hydrogen) atoms. The molecule has 8 heteroatoms. The molecule has 4 rings (SSSR count). The molecule has 6 nitrogen and oxygen atoms in total. The Bertz CT molecular complexity index is 962. The Balaban J connectivity index is 1.47. The first-order valence-corrected chi connectivity index (χ1v) is 9.33. The highest BCUT2D eigenvalue weighted by molar-refractivity contribution is 7.12. The van der Waals surface area contributed by atoms with E-state index in [1.165, 1.54) is 17.4 Å². The zero-order chi connectivity index (χ0) is 18.8. The molecule has 1 aliphatic rings. The van der Waals surface area contributed by atoms with Crippen molar-refractivity contribution in [2.45, 2.75) is 0 Å². The smallest absolute Gasteiger partial charge is 0.276 e. The quantitative estimate of drug-likeness (QED) is 0.695. The monoisotopic (exact) mass is 385 g/mol. The maximum Gasteiger partial charge on any atom is 0.276 e. The van der Waals surface area contributed by atoms with Crippen LogP contribution in [0.3, 0.4) is 0 Å². The third-order valence-electron chi connectivity index (χ3n) is 4.47. The maximum atomic E-state index is 14.1. The van der Waals surface area contributed by atoms with Gasteiger partial charge in [0.05, 0.1) is 10.4 Å². The highest BCUT2D eigenvalue weighted by atomic mass is 32.1. The molecule has 0 radical (unpaired) electrons. The molecule has 0 saturated carbocycles. The van der Waals surface area contributed by atoms with Gasteiger partial charge in [-0.25, -0.2) is 9.37 Å². The number of piperazine rings is 1. The number of aromatic nitrogens is 1. The maximum absolute atomic E-state index is 14.1. The molecule has 2 amide bonds. The van der Waals surface area contributed by atoms with E-state index in [-0.39, 0.29) is 28.8 Å². The lowest BCUT2D eigenvalue weighted by Gasteiger charge is -2.34.